The van der Waals surface area contributed by atoms with Crippen LogP contribution < -0.4 is 16.4 Å². The highest BCUT2D eigenvalue weighted by atomic mass is 16.1. The lowest BCUT2D eigenvalue weighted by Crippen LogP contribution is -2.33. The molecule has 5 nitrogen and oxygen atoms in total. The number of pyridine rings is 1. The topological polar surface area (TPSA) is 85.2 Å². The predicted molar refractivity (Wildman–Crippen MR) is 75.3 cm³/mol. The van der Waals surface area contributed by atoms with E-state index in [4.69, 9.17) is 11.5 Å². The third kappa shape index (κ3) is 3.70. The number of aromatic nitrogens is 1. The Morgan fingerprint density at radius 2 is 1.95 bits per heavy atom. The van der Waals surface area contributed by atoms with Crippen LogP contribution in [-0.2, 0) is 11.3 Å². The first-order chi connectivity index (χ1) is 9.15. The maximum absolute atomic E-state index is 11.2. The number of anilines is 2. The van der Waals surface area contributed by atoms with Crippen LogP contribution in [0.3, 0.4) is 0 Å². The van der Waals surface area contributed by atoms with E-state index in [1.165, 1.54) is 0 Å². The molecule has 0 saturated carbocycles. The van der Waals surface area contributed by atoms with Crippen LogP contribution in [0.4, 0.5) is 11.4 Å². The van der Waals surface area contributed by atoms with E-state index >= 15 is 0 Å². The average molecular weight is 256 g/mol. The first-order valence-corrected chi connectivity index (χ1v) is 5.93. The lowest BCUT2D eigenvalue weighted by molar-refractivity contribution is -0.116. The van der Waals surface area contributed by atoms with E-state index in [9.17, 15) is 4.79 Å². The molecular formula is C14H16N4O. The molecule has 0 aliphatic heterocycles. The highest BCUT2D eigenvalue weighted by molar-refractivity contribution is 5.79. The molecule has 98 valence electrons. The Kier molecular flexibility index (Phi) is 3.97. The van der Waals surface area contributed by atoms with Gasteiger partial charge in [-0.3, -0.25) is 9.78 Å². The minimum absolute atomic E-state index is 0.152. The van der Waals surface area contributed by atoms with Crippen LogP contribution in [0.15, 0.2) is 48.8 Å². The number of hydrogen-bond acceptors (Lipinski definition) is 4. The lowest BCUT2D eigenvalue weighted by Gasteiger charge is -2.23. The number of hydrogen-bond donors (Lipinski definition) is 2. The van der Waals surface area contributed by atoms with Gasteiger partial charge in [0.15, 0.2) is 0 Å². The van der Waals surface area contributed by atoms with Crippen molar-refractivity contribution >= 4 is 17.3 Å². The van der Waals surface area contributed by atoms with E-state index in [1.54, 1.807) is 12.4 Å². The highest BCUT2D eigenvalue weighted by Crippen LogP contribution is 2.16. The Balaban J connectivity index is 2.21. The van der Waals surface area contributed by atoms with E-state index in [-0.39, 0.29) is 12.5 Å². The van der Waals surface area contributed by atoms with Crippen LogP contribution in [-0.4, -0.2) is 17.4 Å². The molecule has 2 rings (SSSR count). The quantitative estimate of drug-likeness (QED) is 0.786. The van der Waals surface area contributed by atoms with Gasteiger partial charge in [0.05, 0.1) is 6.54 Å². The van der Waals surface area contributed by atoms with Gasteiger partial charge in [-0.25, -0.2) is 0 Å². The molecule has 0 aliphatic carbocycles. The third-order valence-electron chi connectivity index (χ3n) is 2.70. The molecular weight excluding hydrogens is 240 g/mol. The molecule has 4 N–H and O–H groups in total. The summed E-state index contributed by atoms with van der Waals surface area (Å²) >= 11 is 0. The molecule has 0 fully saturated rings. The van der Waals surface area contributed by atoms with Crippen LogP contribution in [0.5, 0.6) is 0 Å². The van der Waals surface area contributed by atoms with Crippen molar-refractivity contribution in [3.05, 3.63) is 54.4 Å². The normalized spacial score (nSPS) is 10.1. The zero-order valence-electron chi connectivity index (χ0n) is 10.5. The van der Waals surface area contributed by atoms with Crippen LogP contribution >= 0.6 is 0 Å². The Morgan fingerprint density at radius 3 is 2.58 bits per heavy atom. The first-order valence-electron chi connectivity index (χ1n) is 5.93. The molecule has 1 heterocycles. The molecule has 2 aromatic rings. The van der Waals surface area contributed by atoms with E-state index in [1.807, 2.05) is 41.3 Å². The fourth-order valence-electron chi connectivity index (χ4n) is 1.89. The van der Waals surface area contributed by atoms with E-state index in [0.29, 0.717) is 12.2 Å². The zero-order chi connectivity index (χ0) is 13.7. The summed E-state index contributed by atoms with van der Waals surface area (Å²) in [5.74, 6) is -0.374. The highest BCUT2D eigenvalue weighted by Gasteiger charge is 2.10. The van der Waals surface area contributed by atoms with Gasteiger partial charge >= 0.3 is 0 Å². The molecule has 0 aliphatic rings. The fraction of sp³-hybridized carbons (Fsp3) is 0.143. The van der Waals surface area contributed by atoms with Crippen molar-refractivity contribution in [3.63, 3.8) is 0 Å². The van der Waals surface area contributed by atoms with E-state index < -0.39 is 0 Å². The first kappa shape index (κ1) is 12.9. The van der Waals surface area contributed by atoms with Gasteiger partial charge < -0.3 is 16.4 Å². The molecule has 0 radical (unpaired) electrons. The van der Waals surface area contributed by atoms with Gasteiger partial charge in [0.25, 0.3) is 0 Å². The third-order valence-corrected chi connectivity index (χ3v) is 2.70. The minimum Gasteiger partial charge on any atom is -0.399 e. The largest absolute Gasteiger partial charge is 0.399 e. The molecule has 0 bridgehead atoms. The van der Waals surface area contributed by atoms with Crippen molar-refractivity contribution in [3.8, 4) is 0 Å². The SMILES string of the molecule is NC(=O)CN(Cc1cccc(N)c1)c1ccncc1. The Hall–Kier alpha value is -2.56. The Bertz CT molecular complexity index is 556. The second kappa shape index (κ2) is 5.86. The molecule has 1 aromatic carbocycles. The summed E-state index contributed by atoms with van der Waals surface area (Å²) in [6, 6.07) is 11.2. The number of nitrogen functional groups attached to an aromatic ring is 1. The molecule has 1 amide bonds. The van der Waals surface area contributed by atoms with Crippen LogP contribution in [0.25, 0.3) is 0 Å². The summed E-state index contributed by atoms with van der Waals surface area (Å²) in [6.45, 7) is 0.719. The number of nitrogens with two attached hydrogens (primary N) is 2. The number of benzene rings is 1. The molecule has 0 saturated heterocycles. The smallest absolute Gasteiger partial charge is 0.236 e. The molecule has 19 heavy (non-hydrogen) atoms. The molecule has 0 atom stereocenters. The van der Waals surface area contributed by atoms with E-state index in [0.717, 1.165) is 11.3 Å². The number of rotatable bonds is 5. The van der Waals surface area contributed by atoms with Crippen molar-refractivity contribution in [2.75, 3.05) is 17.2 Å². The summed E-state index contributed by atoms with van der Waals surface area (Å²) in [5, 5.41) is 0. The summed E-state index contributed by atoms with van der Waals surface area (Å²) < 4.78 is 0. The van der Waals surface area contributed by atoms with Crippen molar-refractivity contribution in [1.29, 1.82) is 0 Å². The van der Waals surface area contributed by atoms with Gasteiger partial charge in [-0.15, -0.1) is 0 Å². The van der Waals surface area contributed by atoms with Gasteiger partial charge in [-0.05, 0) is 29.8 Å². The van der Waals surface area contributed by atoms with Crippen LogP contribution in [0.1, 0.15) is 5.56 Å². The molecule has 5 heteroatoms. The maximum Gasteiger partial charge on any atom is 0.236 e. The van der Waals surface area contributed by atoms with Gasteiger partial charge in [0.2, 0.25) is 5.91 Å². The second-order valence-electron chi connectivity index (χ2n) is 4.27. The monoisotopic (exact) mass is 256 g/mol. The van der Waals surface area contributed by atoms with Gasteiger partial charge in [0.1, 0.15) is 0 Å². The van der Waals surface area contributed by atoms with Crippen molar-refractivity contribution in [2.45, 2.75) is 6.54 Å². The van der Waals surface area contributed by atoms with Crippen LogP contribution in [0, 0.1) is 0 Å². The summed E-state index contributed by atoms with van der Waals surface area (Å²) in [4.78, 5) is 17.0. The molecule has 1 aromatic heterocycles. The average Bonchev–Trinajstić information content (AvgIpc) is 2.38. The number of amides is 1. The van der Waals surface area contributed by atoms with Crippen LogP contribution in [0.2, 0.25) is 0 Å². The van der Waals surface area contributed by atoms with Gasteiger partial charge in [0, 0.05) is 30.3 Å². The summed E-state index contributed by atoms with van der Waals surface area (Å²) in [6.07, 6.45) is 3.37. The zero-order valence-corrected chi connectivity index (χ0v) is 10.5. The maximum atomic E-state index is 11.2. The molecule has 0 unspecified atom stereocenters. The van der Waals surface area contributed by atoms with E-state index in [2.05, 4.69) is 4.98 Å². The van der Waals surface area contributed by atoms with Crippen molar-refractivity contribution in [2.24, 2.45) is 5.73 Å². The Morgan fingerprint density at radius 1 is 1.21 bits per heavy atom. The summed E-state index contributed by atoms with van der Waals surface area (Å²) in [7, 11) is 0. The lowest BCUT2D eigenvalue weighted by atomic mass is 10.2. The number of nitrogens with zero attached hydrogens (tertiary/aromatic N) is 2. The minimum atomic E-state index is -0.374. The van der Waals surface area contributed by atoms with Gasteiger partial charge in [-0.1, -0.05) is 12.1 Å². The second-order valence-corrected chi connectivity index (χ2v) is 4.27. The Labute approximate surface area is 111 Å². The predicted octanol–water partition coefficient (Wildman–Crippen LogP) is 1.16. The van der Waals surface area contributed by atoms with Crippen molar-refractivity contribution in [1.82, 2.24) is 4.98 Å². The number of primary amides is 1. The van der Waals surface area contributed by atoms with Gasteiger partial charge in [-0.2, -0.15) is 0 Å². The number of carbonyl (C=O) groups is 1. The molecule has 0 spiro atoms. The summed E-state index contributed by atoms with van der Waals surface area (Å²) in [5.41, 5.74) is 13.7. The standard InChI is InChI=1S/C14H16N4O/c15-12-3-1-2-11(8-12)9-18(10-14(16)19)13-4-6-17-7-5-13/h1-8H,9-10,15H2,(H2,16,19). The number of carbonyl (C=O) groups excluding carboxylic acids is 1. The fourth-order valence-corrected chi connectivity index (χ4v) is 1.89. The van der Waals surface area contributed by atoms with Crippen molar-refractivity contribution < 1.29 is 4.79 Å².